The minimum atomic E-state index is -0.369. The molecular weight excluding hydrogens is 200 g/mol. The average molecular weight is 226 g/mol. The summed E-state index contributed by atoms with van der Waals surface area (Å²) in [6, 6.07) is 0.443. The molecule has 1 rings (SSSR count). The summed E-state index contributed by atoms with van der Waals surface area (Å²) in [6.45, 7) is 4.47. The van der Waals surface area contributed by atoms with E-state index in [1.54, 1.807) is 0 Å². The molecule has 3 heteroatoms. The molecule has 0 aromatic rings. The third kappa shape index (κ3) is 2.76. The summed E-state index contributed by atoms with van der Waals surface area (Å²) in [5.74, 6) is 0.226. The molecule has 1 amide bonds. The number of hydrogen-bond acceptors (Lipinski definition) is 2. The van der Waals surface area contributed by atoms with Gasteiger partial charge in [0.1, 0.15) is 0 Å². The number of nitrogens with two attached hydrogens (primary N) is 1. The van der Waals surface area contributed by atoms with Gasteiger partial charge in [-0.15, -0.1) is 0 Å². The number of carbonyl (C=O) groups is 1. The fourth-order valence-corrected chi connectivity index (χ4v) is 2.44. The van der Waals surface area contributed by atoms with Gasteiger partial charge in [-0.3, -0.25) is 4.79 Å². The highest BCUT2D eigenvalue weighted by atomic mass is 16.2. The highest BCUT2D eigenvalue weighted by Crippen LogP contribution is 2.27. The van der Waals surface area contributed by atoms with Crippen LogP contribution in [0.3, 0.4) is 0 Å². The van der Waals surface area contributed by atoms with E-state index >= 15 is 0 Å². The minimum absolute atomic E-state index is 0.226. The fraction of sp³-hybridized carbons (Fsp3) is 0.923. The van der Waals surface area contributed by atoms with Crippen LogP contribution in [-0.2, 0) is 4.79 Å². The van der Waals surface area contributed by atoms with Crippen molar-refractivity contribution in [2.24, 2.45) is 11.1 Å². The maximum atomic E-state index is 12.4. The van der Waals surface area contributed by atoms with Crippen molar-refractivity contribution in [3.63, 3.8) is 0 Å². The van der Waals surface area contributed by atoms with Gasteiger partial charge in [-0.2, -0.15) is 0 Å². The largest absolute Gasteiger partial charge is 0.342 e. The van der Waals surface area contributed by atoms with Crippen LogP contribution >= 0.6 is 0 Å². The molecule has 0 spiro atoms. The van der Waals surface area contributed by atoms with Crippen molar-refractivity contribution in [3.8, 4) is 0 Å². The molecule has 94 valence electrons. The molecule has 1 atom stereocenters. The Hall–Kier alpha value is -0.570. The third-order valence-electron chi connectivity index (χ3n) is 4.19. The zero-order valence-electron chi connectivity index (χ0n) is 11.0. The van der Waals surface area contributed by atoms with Crippen LogP contribution in [0.15, 0.2) is 0 Å². The lowest BCUT2D eigenvalue weighted by atomic mass is 9.84. The lowest BCUT2D eigenvalue weighted by Gasteiger charge is -2.37. The summed E-state index contributed by atoms with van der Waals surface area (Å²) in [7, 11) is 1.95. The molecule has 0 aliphatic heterocycles. The lowest BCUT2D eigenvalue weighted by Crippen LogP contribution is -2.48. The van der Waals surface area contributed by atoms with E-state index in [4.69, 9.17) is 5.73 Å². The summed E-state index contributed by atoms with van der Waals surface area (Å²) in [4.78, 5) is 14.3. The van der Waals surface area contributed by atoms with E-state index in [1.165, 1.54) is 19.3 Å². The lowest BCUT2D eigenvalue weighted by molar-refractivity contribution is -0.142. The van der Waals surface area contributed by atoms with Crippen LogP contribution in [0.4, 0.5) is 0 Å². The van der Waals surface area contributed by atoms with Gasteiger partial charge >= 0.3 is 0 Å². The van der Waals surface area contributed by atoms with Gasteiger partial charge in [-0.25, -0.2) is 0 Å². The van der Waals surface area contributed by atoms with Gasteiger partial charge in [-0.05, 0) is 26.2 Å². The van der Waals surface area contributed by atoms with Crippen molar-refractivity contribution in [1.29, 1.82) is 0 Å². The molecule has 1 fully saturated rings. The Labute approximate surface area is 99.4 Å². The standard InChI is InChI=1S/C13H26N2O/c1-4-13(2,10-14)12(16)15(3)11-8-6-5-7-9-11/h11H,4-10,14H2,1-3H3. The molecule has 0 bridgehead atoms. The summed E-state index contributed by atoms with van der Waals surface area (Å²) in [5, 5.41) is 0. The smallest absolute Gasteiger partial charge is 0.229 e. The van der Waals surface area contributed by atoms with Crippen molar-refractivity contribution in [1.82, 2.24) is 4.90 Å². The summed E-state index contributed by atoms with van der Waals surface area (Å²) in [6.07, 6.45) is 6.97. The molecule has 0 saturated heterocycles. The SMILES string of the molecule is CCC(C)(CN)C(=O)N(C)C1CCCCC1. The van der Waals surface area contributed by atoms with Crippen LogP contribution in [0.1, 0.15) is 52.4 Å². The quantitative estimate of drug-likeness (QED) is 0.798. The van der Waals surface area contributed by atoms with E-state index in [9.17, 15) is 4.79 Å². The van der Waals surface area contributed by atoms with E-state index in [0.717, 1.165) is 19.3 Å². The Bertz CT molecular complexity index is 230. The van der Waals surface area contributed by atoms with Crippen molar-refractivity contribution >= 4 is 5.91 Å². The third-order valence-corrected chi connectivity index (χ3v) is 4.19. The summed E-state index contributed by atoms with van der Waals surface area (Å²) in [5.41, 5.74) is 5.37. The predicted octanol–water partition coefficient (Wildman–Crippen LogP) is 2.15. The van der Waals surface area contributed by atoms with E-state index in [0.29, 0.717) is 12.6 Å². The highest BCUT2D eigenvalue weighted by molar-refractivity contribution is 5.82. The molecule has 0 aromatic carbocycles. The maximum Gasteiger partial charge on any atom is 0.229 e. The second kappa shape index (κ2) is 5.67. The second-order valence-electron chi connectivity index (χ2n) is 5.33. The Morgan fingerprint density at radius 1 is 1.38 bits per heavy atom. The number of amides is 1. The molecule has 1 aliphatic rings. The Kier molecular flexibility index (Phi) is 4.78. The normalized spacial score (nSPS) is 21.5. The van der Waals surface area contributed by atoms with Crippen molar-refractivity contribution in [3.05, 3.63) is 0 Å². The first kappa shape index (κ1) is 13.5. The molecule has 0 heterocycles. The van der Waals surface area contributed by atoms with Gasteiger partial charge in [-0.1, -0.05) is 26.2 Å². The van der Waals surface area contributed by atoms with Gasteiger partial charge in [0, 0.05) is 19.6 Å². The monoisotopic (exact) mass is 226 g/mol. The van der Waals surface area contributed by atoms with E-state index in [2.05, 4.69) is 0 Å². The molecule has 3 nitrogen and oxygen atoms in total. The zero-order chi connectivity index (χ0) is 12.2. The van der Waals surface area contributed by atoms with Crippen LogP contribution in [0.25, 0.3) is 0 Å². The zero-order valence-corrected chi connectivity index (χ0v) is 11.0. The number of carbonyl (C=O) groups excluding carboxylic acids is 1. The Morgan fingerprint density at radius 3 is 2.38 bits per heavy atom. The average Bonchev–Trinajstić information content (AvgIpc) is 2.37. The van der Waals surface area contributed by atoms with E-state index in [-0.39, 0.29) is 11.3 Å². The van der Waals surface area contributed by atoms with Crippen LogP contribution in [0.5, 0.6) is 0 Å². The van der Waals surface area contributed by atoms with Crippen molar-refractivity contribution < 1.29 is 4.79 Å². The second-order valence-corrected chi connectivity index (χ2v) is 5.33. The Morgan fingerprint density at radius 2 is 1.94 bits per heavy atom. The predicted molar refractivity (Wildman–Crippen MR) is 67.1 cm³/mol. The van der Waals surface area contributed by atoms with Gasteiger partial charge < -0.3 is 10.6 Å². The van der Waals surface area contributed by atoms with Crippen molar-refractivity contribution in [2.75, 3.05) is 13.6 Å². The van der Waals surface area contributed by atoms with Gasteiger partial charge in [0.25, 0.3) is 0 Å². The molecule has 1 aliphatic carbocycles. The molecule has 1 saturated carbocycles. The molecule has 1 unspecified atom stereocenters. The molecule has 0 aromatic heterocycles. The highest BCUT2D eigenvalue weighted by Gasteiger charge is 2.35. The van der Waals surface area contributed by atoms with Gasteiger partial charge in [0.2, 0.25) is 5.91 Å². The number of rotatable bonds is 4. The fourth-order valence-electron chi connectivity index (χ4n) is 2.44. The van der Waals surface area contributed by atoms with Crippen LogP contribution in [0, 0.1) is 5.41 Å². The van der Waals surface area contributed by atoms with Crippen LogP contribution in [-0.4, -0.2) is 30.4 Å². The summed E-state index contributed by atoms with van der Waals surface area (Å²) >= 11 is 0. The minimum Gasteiger partial charge on any atom is -0.342 e. The van der Waals surface area contributed by atoms with Crippen molar-refractivity contribution in [2.45, 2.75) is 58.4 Å². The van der Waals surface area contributed by atoms with Gasteiger partial charge in [0.15, 0.2) is 0 Å². The molecule has 16 heavy (non-hydrogen) atoms. The Balaban J connectivity index is 2.64. The van der Waals surface area contributed by atoms with Crippen LogP contribution in [0.2, 0.25) is 0 Å². The molecule has 0 radical (unpaired) electrons. The maximum absolute atomic E-state index is 12.4. The topological polar surface area (TPSA) is 46.3 Å². The first-order valence-electron chi connectivity index (χ1n) is 6.52. The molecule has 2 N–H and O–H groups in total. The number of nitrogens with zero attached hydrogens (tertiary/aromatic N) is 1. The molecular formula is C13H26N2O. The first-order chi connectivity index (χ1) is 7.55. The van der Waals surface area contributed by atoms with E-state index < -0.39 is 0 Å². The van der Waals surface area contributed by atoms with Gasteiger partial charge in [0.05, 0.1) is 5.41 Å². The van der Waals surface area contributed by atoms with E-state index in [1.807, 2.05) is 25.8 Å². The van der Waals surface area contributed by atoms with Crippen LogP contribution < -0.4 is 5.73 Å². The first-order valence-corrected chi connectivity index (χ1v) is 6.52. The number of hydrogen-bond donors (Lipinski definition) is 1. The summed E-state index contributed by atoms with van der Waals surface area (Å²) < 4.78 is 0.